The van der Waals surface area contributed by atoms with E-state index in [1.165, 1.54) is 18.4 Å². The topological polar surface area (TPSA) is 54.3 Å². The minimum absolute atomic E-state index is 0.102. The first-order valence-corrected chi connectivity index (χ1v) is 9.95. The van der Waals surface area contributed by atoms with Crippen molar-refractivity contribution in [2.24, 2.45) is 5.92 Å². The monoisotopic (exact) mass is 394 g/mol. The fourth-order valence-electron chi connectivity index (χ4n) is 3.39. The summed E-state index contributed by atoms with van der Waals surface area (Å²) in [6.45, 7) is 1.09. The van der Waals surface area contributed by atoms with Gasteiger partial charge in [-0.05, 0) is 66.3 Å². The van der Waals surface area contributed by atoms with Crippen LogP contribution in [0.15, 0.2) is 71.3 Å². The average Bonchev–Trinajstić information content (AvgIpc) is 3.42. The van der Waals surface area contributed by atoms with Gasteiger partial charge in [-0.2, -0.15) is 0 Å². The fourth-order valence-corrected chi connectivity index (χ4v) is 3.52. The highest BCUT2D eigenvalue weighted by atomic mass is 35.5. The van der Waals surface area contributed by atoms with E-state index in [2.05, 4.69) is 22.8 Å². The third-order valence-corrected chi connectivity index (χ3v) is 5.29. The van der Waals surface area contributed by atoms with Crippen LogP contribution in [-0.2, 0) is 13.1 Å². The molecule has 1 saturated carbocycles. The van der Waals surface area contributed by atoms with Gasteiger partial charge in [0.25, 0.3) is 5.91 Å². The van der Waals surface area contributed by atoms with Crippen LogP contribution in [0.3, 0.4) is 0 Å². The van der Waals surface area contributed by atoms with E-state index in [9.17, 15) is 4.79 Å². The number of rotatable bonds is 8. The van der Waals surface area contributed by atoms with E-state index in [4.69, 9.17) is 16.0 Å². The van der Waals surface area contributed by atoms with E-state index in [1.54, 1.807) is 6.26 Å². The van der Waals surface area contributed by atoms with Crippen molar-refractivity contribution in [3.05, 3.63) is 94.4 Å². The van der Waals surface area contributed by atoms with Gasteiger partial charge in [0.1, 0.15) is 5.76 Å². The Balaban J connectivity index is 1.38. The molecule has 144 valence electrons. The quantitative estimate of drug-likeness (QED) is 0.558. The second-order valence-corrected chi connectivity index (χ2v) is 7.65. The van der Waals surface area contributed by atoms with Gasteiger partial charge < -0.3 is 15.1 Å². The Morgan fingerprint density at radius 3 is 2.61 bits per heavy atom. The predicted octanol–water partition coefficient (Wildman–Crippen LogP) is 5.10. The molecule has 1 aliphatic carbocycles. The van der Waals surface area contributed by atoms with Gasteiger partial charge in [-0.1, -0.05) is 35.9 Å². The molecule has 1 heterocycles. The molecule has 1 aliphatic rings. The number of hydrogen-bond acceptors (Lipinski definition) is 3. The summed E-state index contributed by atoms with van der Waals surface area (Å²) >= 11 is 6.03. The molecule has 2 N–H and O–H groups in total. The van der Waals surface area contributed by atoms with Crippen LogP contribution in [0, 0.1) is 5.92 Å². The first kappa shape index (κ1) is 18.8. The molecule has 0 bridgehead atoms. The Bertz CT molecular complexity index is 918. The molecule has 4 rings (SSSR count). The van der Waals surface area contributed by atoms with E-state index in [1.807, 2.05) is 48.5 Å². The summed E-state index contributed by atoms with van der Waals surface area (Å²) in [5.74, 6) is 1.30. The van der Waals surface area contributed by atoms with E-state index in [-0.39, 0.29) is 5.91 Å². The fraction of sp³-hybridized carbons (Fsp3) is 0.261. The molecule has 1 atom stereocenters. The molecule has 0 saturated heterocycles. The zero-order chi connectivity index (χ0) is 19.3. The highest BCUT2D eigenvalue weighted by Crippen LogP contribution is 2.41. The Kier molecular flexibility index (Phi) is 5.79. The van der Waals surface area contributed by atoms with Crippen LogP contribution in [0.25, 0.3) is 0 Å². The zero-order valence-electron chi connectivity index (χ0n) is 15.5. The third-order valence-electron chi connectivity index (χ3n) is 5.04. The van der Waals surface area contributed by atoms with Crippen molar-refractivity contribution < 1.29 is 9.21 Å². The summed E-state index contributed by atoms with van der Waals surface area (Å²) in [7, 11) is 0. The maximum absolute atomic E-state index is 12.4. The SMILES string of the molecule is O=C(NCc1ccco1)c1cccc(CN[C@H](c2ccc(Cl)cc2)C2CC2)c1. The van der Waals surface area contributed by atoms with Gasteiger partial charge in [-0.25, -0.2) is 0 Å². The molecule has 0 unspecified atom stereocenters. The number of hydrogen-bond donors (Lipinski definition) is 2. The van der Waals surface area contributed by atoms with Crippen LogP contribution in [0.5, 0.6) is 0 Å². The normalized spacial score (nSPS) is 14.6. The largest absolute Gasteiger partial charge is 0.467 e. The first-order valence-electron chi connectivity index (χ1n) is 9.57. The molecule has 1 amide bonds. The summed E-state index contributed by atoms with van der Waals surface area (Å²) in [4.78, 5) is 12.4. The van der Waals surface area contributed by atoms with Crippen molar-refractivity contribution in [3.63, 3.8) is 0 Å². The lowest BCUT2D eigenvalue weighted by Gasteiger charge is -2.19. The highest BCUT2D eigenvalue weighted by molar-refractivity contribution is 6.30. The number of benzene rings is 2. The van der Waals surface area contributed by atoms with Gasteiger partial charge in [0.2, 0.25) is 0 Å². The van der Waals surface area contributed by atoms with Gasteiger partial charge in [0.15, 0.2) is 0 Å². The molecule has 2 aromatic carbocycles. The van der Waals surface area contributed by atoms with Gasteiger partial charge in [0.05, 0.1) is 12.8 Å². The van der Waals surface area contributed by atoms with Crippen LogP contribution < -0.4 is 10.6 Å². The summed E-state index contributed by atoms with van der Waals surface area (Å²) in [6, 6.07) is 19.8. The molecular weight excluding hydrogens is 372 g/mol. The summed E-state index contributed by atoms with van der Waals surface area (Å²) < 4.78 is 5.25. The van der Waals surface area contributed by atoms with Crippen LogP contribution in [0.2, 0.25) is 5.02 Å². The predicted molar refractivity (Wildman–Crippen MR) is 110 cm³/mol. The lowest BCUT2D eigenvalue weighted by Crippen LogP contribution is -2.24. The third kappa shape index (κ3) is 4.83. The summed E-state index contributed by atoms with van der Waals surface area (Å²) in [6.07, 6.45) is 4.09. The molecule has 0 spiro atoms. The number of amides is 1. The number of halogens is 1. The maximum atomic E-state index is 12.4. The minimum Gasteiger partial charge on any atom is -0.467 e. The van der Waals surface area contributed by atoms with Gasteiger partial charge in [-0.15, -0.1) is 0 Å². The standard InChI is InChI=1S/C23H23ClN2O2/c24-20-10-8-18(9-11-20)22(17-6-7-17)25-14-16-3-1-4-19(13-16)23(27)26-15-21-5-2-12-28-21/h1-5,8-13,17,22,25H,6-7,14-15H2,(H,26,27)/t22-/m0/s1. The number of furan rings is 1. The van der Waals surface area contributed by atoms with Crippen molar-refractivity contribution in [2.75, 3.05) is 0 Å². The average molecular weight is 395 g/mol. The molecule has 5 heteroatoms. The minimum atomic E-state index is -0.102. The lowest BCUT2D eigenvalue weighted by atomic mass is 10.0. The van der Waals surface area contributed by atoms with Crippen molar-refractivity contribution in [1.29, 1.82) is 0 Å². The van der Waals surface area contributed by atoms with E-state index >= 15 is 0 Å². The molecule has 0 radical (unpaired) electrons. The van der Waals surface area contributed by atoms with Crippen LogP contribution in [0.1, 0.15) is 46.1 Å². The van der Waals surface area contributed by atoms with Crippen LogP contribution in [0.4, 0.5) is 0 Å². The number of nitrogens with one attached hydrogen (secondary N) is 2. The highest BCUT2D eigenvalue weighted by Gasteiger charge is 2.31. The van der Waals surface area contributed by atoms with Crippen molar-refractivity contribution in [2.45, 2.75) is 32.0 Å². The number of carbonyl (C=O) groups excluding carboxylic acids is 1. The molecule has 1 fully saturated rings. The molecular formula is C23H23ClN2O2. The molecule has 4 nitrogen and oxygen atoms in total. The molecule has 0 aliphatic heterocycles. The van der Waals surface area contributed by atoms with Crippen LogP contribution >= 0.6 is 11.6 Å². The van der Waals surface area contributed by atoms with Crippen molar-refractivity contribution >= 4 is 17.5 Å². The van der Waals surface area contributed by atoms with Crippen molar-refractivity contribution in [1.82, 2.24) is 10.6 Å². The van der Waals surface area contributed by atoms with E-state index in [0.29, 0.717) is 30.6 Å². The zero-order valence-corrected chi connectivity index (χ0v) is 16.3. The van der Waals surface area contributed by atoms with Gasteiger partial charge >= 0.3 is 0 Å². The number of carbonyl (C=O) groups is 1. The van der Waals surface area contributed by atoms with Crippen molar-refractivity contribution in [3.8, 4) is 0 Å². The van der Waals surface area contributed by atoms with E-state index < -0.39 is 0 Å². The second kappa shape index (κ2) is 8.63. The molecule has 3 aromatic rings. The first-order chi connectivity index (χ1) is 13.7. The van der Waals surface area contributed by atoms with Crippen LogP contribution in [-0.4, -0.2) is 5.91 Å². The Labute approximate surface area is 169 Å². The van der Waals surface area contributed by atoms with E-state index in [0.717, 1.165) is 16.3 Å². The second-order valence-electron chi connectivity index (χ2n) is 7.21. The molecule has 28 heavy (non-hydrogen) atoms. The van der Waals surface area contributed by atoms with Gasteiger partial charge in [0, 0.05) is 23.2 Å². The smallest absolute Gasteiger partial charge is 0.251 e. The summed E-state index contributed by atoms with van der Waals surface area (Å²) in [5, 5.41) is 7.31. The lowest BCUT2D eigenvalue weighted by molar-refractivity contribution is 0.0948. The Morgan fingerprint density at radius 2 is 1.89 bits per heavy atom. The maximum Gasteiger partial charge on any atom is 0.251 e. The summed E-state index contributed by atoms with van der Waals surface area (Å²) in [5.41, 5.74) is 3.00. The Hall–Kier alpha value is -2.56. The Morgan fingerprint density at radius 1 is 1.07 bits per heavy atom. The van der Waals surface area contributed by atoms with Gasteiger partial charge in [-0.3, -0.25) is 4.79 Å². The molecule has 1 aromatic heterocycles.